The van der Waals surface area contributed by atoms with E-state index in [1.54, 1.807) is 18.2 Å². The highest BCUT2D eigenvalue weighted by atomic mass is 35.5. The Morgan fingerprint density at radius 3 is 2.41 bits per heavy atom. The Labute approximate surface area is 223 Å². The molecule has 0 unspecified atom stereocenters. The van der Waals surface area contributed by atoms with Crippen LogP contribution in [0.5, 0.6) is 5.75 Å². The van der Waals surface area contributed by atoms with Crippen LogP contribution in [0.1, 0.15) is 49.0 Å². The maximum atomic E-state index is 13.3. The summed E-state index contributed by atoms with van der Waals surface area (Å²) in [4.78, 5) is 29.8. The molecule has 9 heteroatoms. The molecule has 8 nitrogen and oxygen atoms in total. The van der Waals surface area contributed by atoms with Crippen molar-refractivity contribution < 1.29 is 19.1 Å². The Kier molecular flexibility index (Phi) is 11.7. The molecule has 0 aliphatic heterocycles. The first-order valence-electron chi connectivity index (χ1n) is 12.2. The fourth-order valence-electron chi connectivity index (χ4n) is 3.66. The quantitative estimate of drug-likeness (QED) is 0.134. The van der Waals surface area contributed by atoms with Crippen LogP contribution in [0.15, 0.2) is 65.7 Å². The molecule has 3 rings (SSSR count). The van der Waals surface area contributed by atoms with E-state index >= 15 is 0 Å². The highest BCUT2D eigenvalue weighted by Crippen LogP contribution is 2.28. The van der Waals surface area contributed by atoms with Crippen LogP contribution in [-0.4, -0.2) is 37.1 Å². The number of guanidine groups is 1. The van der Waals surface area contributed by atoms with E-state index in [1.807, 2.05) is 49.4 Å². The Bertz CT molecular complexity index is 1230. The first-order valence-corrected chi connectivity index (χ1v) is 12.2. The van der Waals surface area contributed by atoms with Crippen LogP contribution in [0, 0.1) is 0 Å². The van der Waals surface area contributed by atoms with Gasteiger partial charge in [0.05, 0.1) is 24.5 Å². The normalized spacial score (nSPS) is 11.2. The van der Waals surface area contributed by atoms with Gasteiger partial charge in [0.2, 0.25) is 5.91 Å². The van der Waals surface area contributed by atoms with Crippen LogP contribution in [-0.2, 0) is 16.0 Å². The van der Waals surface area contributed by atoms with Gasteiger partial charge in [0, 0.05) is 6.42 Å². The van der Waals surface area contributed by atoms with Gasteiger partial charge in [-0.3, -0.25) is 4.79 Å². The molecule has 0 saturated carbocycles. The minimum absolute atomic E-state index is 0. The Balaban J connectivity index is 0.00000481. The van der Waals surface area contributed by atoms with Crippen LogP contribution in [0.3, 0.4) is 0 Å². The van der Waals surface area contributed by atoms with E-state index in [2.05, 4.69) is 17.2 Å². The number of ether oxygens (including phenoxy) is 2. The lowest BCUT2D eigenvalue weighted by Gasteiger charge is -2.17. The van der Waals surface area contributed by atoms with E-state index < -0.39 is 17.9 Å². The van der Waals surface area contributed by atoms with E-state index in [9.17, 15) is 9.59 Å². The molecular formula is C28H35ClN4O4. The van der Waals surface area contributed by atoms with Crippen molar-refractivity contribution in [1.29, 1.82) is 0 Å². The second-order valence-electron chi connectivity index (χ2n) is 8.49. The summed E-state index contributed by atoms with van der Waals surface area (Å²) in [7, 11) is 0. The molecule has 0 aromatic heterocycles. The van der Waals surface area contributed by atoms with Crippen molar-refractivity contribution in [3.05, 3.63) is 71.8 Å². The number of esters is 1. The third kappa shape index (κ3) is 8.68. The fraction of sp³-hybridized carbons (Fsp3) is 0.321. The molecule has 0 aliphatic rings. The van der Waals surface area contributed by atoms with Gasteiger partial charge >= 0.3 is 5.97 Å². The lowest BCUT2D eigenvalue weighted by molar-refractivity contribution is -0.117. The topological polar surface area (TPSA) is 129 Å². The molecule has 198 valence electrons. The molecule has 0 spiro atoms. The summed E-state index contributed by atoms with van der Waals surface area (Å²) in [6, 6.07) is 17.9. The van der Waals surface area contributed by atoms with Crippen molar-refractivity contribution in [3.63, 3.8) is 0 Å². The predicted molar refractivity (Wildman–Crippen MR) is 151 cm³/mol. The number of hydrogen-bond acceptors (Lipinski definition) is 5. The highest BCUT2D eigenvalue weighted by molar-refractivity contribution is 5.99. The first kappa shape index (κ1) is 29.5. The van der Waals surface area contributed by atoms with Crippen molar-refractivity contribution >= 4 is 46.7 Å². The second kappa shape index (κ2) is 14.7. The van der Waals surface area contributed by atoms with E-state index in [-0.39, 0.29) is 18.4 Å². The first-order chi connectivity index (χ1) is 17.4. The Morgan fingerprint density at radius 2 is 1.70 bits per heavy atom. The maximum Gasteiger partial charge on any atom is 0.338 e. The molecule has 0 saturated heterocycles. The summed E-state index contributed by atoms with van der Waals surface area (Å²) in [5.74, 6) is -0.621. The number of nitrogens with zero attached hydrogens (tertiary/aromatic N) is 1. The number of aliphatic imine (C=N–C) groups is 1. The molecule has 3 aromatic carbocycles. The lowest BCUT2D eigenvalue weighted by Crippen LogP contribution is -2.33. The number of rotatable bonds is 12. The summed E-state index contributed by atoms with van der Waals surface area (Å²) in [6.45, 7) is 4.76. The SMILES string of the molecule is CCCCOc1cc(C(=O)OCCC)ccc1NC(=O)[C@@H](Cc1ccc2ccccc2c1)N=C(N)N.Cl. The van der Waals surface area contributed by atoms with Gasteiger partial charge in [-0.15, -0.1) is 12.4 Å². The van der Waals surface area contributed by atoms with Crippen LogP contribution >= 0.6 is 12.4 Å². The van der Waals surface area contributed by atoms with Gasteiger partial charge in [-0.1, -0.05) is 62.7 Å². The zero-order valence-corrected chi connectivity index (χ0v) is 22.1. The van der Waals surface area contributed by atoms with Crippen molar-refractivity contribution in [2.75, 3.05) is 18.5 Å². The number of amides is 1. The number of benzene rings is 3. The van der Waals surface area contributed by atoms with Gasteiger partial charge in [0.25, 0.3) is 0 Å². The molecule has 0 fully saturated rings. The van der Waals surface area contributed by atoms with Gasteiger partial charge in [0.1, 0.15) is 11.8 Å². The standard InChI is InChI=1S/C28H34N4O4.ClH/c1-3-5-15-35-25-18-22(27(34)36-14-4-2)12-13-23(25)31-26(33)24(32-28(29)30)17-19-10-11-20-8-6-7-9-21(20)16-19;/h6-13,16,18,24H,3-5,14-15,17H2,1-2H3,(H,31,33)(H4,29,30,32);1H/t24-;/m1./s1. The Hall–Kier alpha value is -3.78. The van der Waals surface area contributed by atoms with Gasteiger partial charge in [0.15, 0.2) is 5.96 Å². The monoisotopic (exact) mass is 526 g/mol. The molecule has 0 heterocycles. The van der Waals surface area contributed by atoms with Gasteiger partial charge in [-0.05, 0) is 47.4 Å². The second-order valence-corrected chi connectivity index (χ2v) is 8.49. The molecule has 1 amide bonds. The highest BCUT2D eigenvalue weighted by Gasteiger charge is 2.21. The van der Waals surface area contributed by atoms with Crippen LogP contribution in [0.25, 0.3) is 10.8 Å². The minimum Gasteiger partial charge on any atom is -0.491 e. The number of carbonyl (C=O) groups excluding carboxylic acids is 2. The number of fused-ring (bicyclic) bond motifs is 1. The van der Waals surface area contributed by atoms with E-state index in [1.165, 1.54) is 0 Å². The number of carbonyl (C=O) groups is 2. The largest absolute Gasteiger partial charge is 0.491 e. The molecular weight excluding hydrogens is 492 g/mol. The smallest absolute Gasteiger partial charge is 0.338 e. The Morgan fingerprint density at radius 1 is 0.946 bits per heavy atom. The number of halogens is 1. The average molecular weight is 527 g/mol. The summed E-state index contributed by atoms with van der Waals surface area (Å²) in [6.07, 6.45) is 2.81. The number of anilines is 1. The summed E-state index contributed by atoms with van der Waals surface area (Å²) in [5, 5.41) is 5.05. The lowest BCUT2D eigenvalue weighted by atomic mass is 10.0. The van der Waals surface area contributed by atoms with Gasteiger partial charge < -0.3 is 26.3 Å². The van der Waals surface area contributed by atoms with Crippen molar-refractivity contribution in [3.8, 4) is 5.75 Å². The van der Waals surface area contributed by atoms with Crippen LogP contribution < -0.4 is 21.5 Å². The summed E-state index contributed by atoms with van der Waals surface area (Å²) >= 11 is 0. The molecule has 5 N–H and O–H groups in total. The number of hydrogen-bond donors (Lipinski definition) is 3. The molecule has 0 bridgehead atoms. The zero-order valence-electron chi connectivity index (χ0n) is 21.2. The average Bonchev–Trinajstić information content (AvgIpc) is 2.87. The van der Waals surface area contributed by atoms with Crippen molar-refractivity contribution in [2.45, 2.75) is 45.6 Å². The van der Waals surface area contributed by atoms with Crippen molar-refractivity contribution in [1.82, 2.24) is 0 Å². The molecule has 3 aromatic rings. The molecule has 1 atom stereocenters. The van der Waals surface area contributed by atoms with E-state index in [4.69, 9.17) is 20.9 Å². The number of unbranched alkanes of at least 4 members (excludes halogenated alkanes) is 1. The van der Waals surface area contributed by atoms with Gasteiger partial charge in [-0.2, -0.15) is 0 Å². The third-order valence-electron chi connectivity index (χ3n) is 5.52. The van der Waals surface area contributed by atoms with Crippen LogP contribution in [0.2, 0.25) is 0 Å². The zero-order chi connectivity index (χ0) is 25.9. The summed E-state index contributed by atoms with van der Waals surface area (Å²) in [5.41, 5.74) is 13.0. The molecule has 0 aliphatic carbocycles. The number of nitrogens with two attached hydrogens (primary N) is 2. The fourth-order valence-corrected chi connectivity index (χ4v) is 3.66. The van der Waals surface area contributed by atoms with Crippen molar-refractivity contribution in [2.24, 2.45) is 16.5 Å². The molecule has 37 heavy (non-hydrogen) atoms. The van der Waals surface area contributed by atoms with E-state index in [0.717, 1.165) is 35.6 Å². The van der Waals surface area contributed by atoms with E-state index in [0.29, 0.717) is 36.6 Å². The number of nitrogens with one attached hydrogen (secondary N) is 1. The third-order valence-corrected chi connectivity index (χ3v) is 5.52. The predicted octanol–water partition coefficient (Wildman–Crippen LogP) is 4.83. The maximum absolute atomic E-state index is 13.3. The van der Waals surface area contributed by atoms with Crippen LogP contribution in [0.4, 0.5) is 5.69 Å². The van der Waals surface area contributed by atoms with Gasteiger partial charge in [-0.25, -0.2) is 9.79 Å². The molecule has 0 radical (unpaired) electrons. The summed E-state index contributed by atoms with van der Waals surface area (Å²) < 4.78 is 11.1. The minimum atomic E-state index is -0.853.